The summed E-state index contributed by atoms with van der Waals surface area (Å²) in [5.74, 6) is -0.748. The first kappa shape index (κ1) is 16.6. The van der Waals surface area contributed by atoms with Crippen LogP contribution in [0.2, 0.25) is 5.02 Å². The molecule has 0 fully saturated rings. The smallest absolute Gasteiger partial charge is 0.335 e. The van der Waals surface area contributed by atoms with E-state index in [9.17, 15) is 9.59 Å². The minimum Gasteiger partial charge on any atom is -0.495 e. The molecule has 0 saturated heterocycles. The Morgan fingerprint density at radius 3 is 2.17 bits per heavy atom. The number of carboxylic acid groups (broad SMARTS) is 1. The zero-order chi connectivity index (χ0) is 17.0. The maximum atomic E-state index is 12.3. The molecule has 0 radical (unpaired) electrons. The van der Waals surface area contributed by atoms with Gasteiger partial charge in [0, 0.05) is 5.56 Å². The summed E-state index contributed by atoms with van der Waals surface area (Å²) in [4.78, 5) is 23.3. The number of ether oxygens (including phenoxy) is 2. The molecule has 2 N–H and O–H groups in total. The number of hydrogen-bond donors (Lipinski definition) is 2. The Balaban J connectivity index is 2.30. The largest absolute Gasteiger partial charge is 0.495 e. The highest BCUT2D eigenvalue weighted by Gasteiger charge is 2.14. The predicted molar refractivity (Wildman–Crippen MR) is 85.9 cm³/mol. The molecule has 2 rings (SSSR count). The second-order valence-corrected chi connectivity index (χ2v) is 4.93. The summed E-state index contributed by atoms with van der Waals surface area (Å²) in [6, 6.07) is 8.77. The lowest BCUT2D eigenvalue weighted by Crippen LogP contribution is -2.13. The van der Waals surface area contributed by atoms with E-state index in [0.29, 0.717) is 22.1 Å². The van der Waals surface area contributed by atoms with E-state index >= 15 is 0 Å². The maximum Gasteiger partial charge on any atom is 0.335 e. The van der Waals surface area contributed by atoms with Crippen molar-refractivity contribution < 1.29 is 24.2 Å². The highest BCUT2D eigenvalue weighted by atomic mass is 35.5. The second-order valence-electron chi connectivity index (χ2n) is 4.52. The highest BCUT2D eigenvalue weighted by molar-refractivity contribution is 6.32. The van der Waals surface area contributed by atoms with Crippen LogP contribution in [0.5, 0.6) is 11.5 Å². The van der Waals surface area contributed by atoms with Crippen molar-refractivity contribution in [2.24, 2.45) is 0 Å². The molecule has 0 saturated carbocycles. The molecule has 120 valence electrons. The summed E-state index contributed by atoms with van der Waals surface area (Å²) in [5.41, 5.74) is 0.594. The first-order valence-corrected chi connectivity index (χ1v) is 6.90. The molecule has 0 aliphatic rings. The summed E-state index contributed by atoms with van der Waals surface area (Å²) in [7, 11) is 2.90. The van der Waals surface area contributed by atoms with Crippen LogP contribution in [0.25, 0.3) is 0 Å². The quantitative estimate of drug-likeness (QED) is 0.875. The topological polar surface area (TPSA) is 84.9 Å². The minimum absolute atomic E-state index is 0.0360. The summed E-state index contributed by atoms with van der Waals surface area (Å²) in [5, 5.41) is 11.9. The van der Waals surface area contributed by atoms with E-state index in [1.807, 2.05) is 0 Å². The lowest BCUT2D eigenvalue weighted by Gasteiger charge is -2.11. The van der Waals surface area contributed by atoms with Gasteiger partial charge in [-0.2, -0.15) is 0 Å². The van der Waals surface area contributed by atoms with E-state index in [1.165, 1.54) is 38.5 Å². The number of benzene rings is 2. The van der Waals surface area contributed by atoms with Crippen LogP contribution in [0.15, 0.2) is 36.4 Å². The Kier molecular flexibility index (Phi) is 5.08. The van der Waals surface area contributed by atoms with Gasteiger partial charge in [-0.3, -0.25) is 4.79 Å². The first-order chi connectivity index (χ1) is 11.0. The SMILES string of the molecule is COc1ccc(C(=O)Nc2cc(C(=O)O)ccc2OC)cc1Cl. The normalized spacial score (nSPS) is 10.0. The van der Waals surface area contributed by atoms with E-state index in [1.54, 1.807) is 12.1 Å². The fourth-order valence-corrected chi connectivity index (χ4v) is 2.20. The van der Waals surface area contributed by atoms with Crippen molar-refractivity contribution >= 4 is 29.2 Å². The van der Waals surface area contributed by atoms with Gasteiger partial charge < -0.3 is 19.9 Å². The Morgan fingerprint density at radius 2 is 1.61 bits per heavy atom. The zero-order valence-corrected chi connectivity index (χ0v) is 13.2. The molecule has 0 aliphatic carbocycles. The summed E-state index contributed by atoms with van der Waals surface area (Å²) >= 11 is 5.99. The number of carbonyl (C=O) groups is 2. The lowest BCUT2D eigenvalue weighted by molar-refractivity contribution is 0.0696. The molecule has 23 heavy (non-hydrogen) atoms. The number of methoxy groups -OCH3 is 2. The third kappa shape index (κ3) is 3.73. The van der Waals surface area contributed by atoms with Crippen molar-refractivity contribution in [1.82, 2.24) is 0 Å². The second kappa shape index (κ2) is 7.02. The van der Waals surface area contributed by atoms with Crippen LogP contribution >= 0.6 is 11.6 Å². The van der Waals surface area contributed by atoms with E-state index in [4.69, 9.17) is 26.2 Å². The van der Waals surface area contributed by atoms with Gasteiger partial charge in [-0.15, -0.1) is 0 Å². The van der Waals surface area contributed by atoms with Crippen molar-refractivity contribution in [2.75, 3.05) is 19.5 Å². The molecule has 0 spiro atoms. The van der Waals surface area contributed by atoms with Gasteiger partial charge in [0.25, 0.3) is 5.91 Å². The Hall–Kier alpha value is -2.73. The van der Waals surface area contributed by atoms with Crippen LogP contribution in [-0.4, -0.2) is 31.2 Å². The third-order valence-electron chi connectivity index (χ3n) is 3.11. The molecule has 0 bridgehead atoms. The molecular weight excluding hydrogens is 322 g/mol. The molecule has 1 amide bonds. The van der Waals surface area contributed by atoms with E-state index in [-0.39, 0.29) is 11.3 Å². The molecule has 2 aromatic rings. The molecular formula is C16H14ClNO5. The van der Waals surface area contributed by atoms with E-state index in [0.717, 1.165) is 0 Å². The van der Waals surface area contributed by atoms with Gasteiger partial charge in [0.2, 0.25) is 0 Å². The fraction of sp³-hybridized carbons (Fsp3) is 0.125. The van der Waals surface area contributed by atoms with Crippen LogP contribution in [-0.2, 0) is 0 Å². The number of hydrogen-bond acceptors (Lipinski definition) is 4. The van der Waals surface area contributed by atoms with Gasteiger partial charge in [0.1, 0.15) is 11.5 Å². The van der Waals surface area contributed by atoms with Crippen molar-refractivity contribution in [2.45, 2.75) is 0 Å². The van der Waals surface area contributed by atoms with Gasteiger partial charge in [-0.05, 0) is 36.4 Å². The van der Waals surface area contributed by atoms with Crippen molar-refractivity contribution in [1.29, 1.82) is 0 Å². The lowest BCUT2D eigenvalue weighted by atomic mass is 10.1. The monoisotopic (exact) mass is 335 g/mol. The maximum absolute atomic E-state index is 12.3. The van der Waals surface area contributed by atoms with Crippen LogP contribution < -0.4 is 14.8 Å². The Morgan fingerprint density at radius 1 is 1.00 bits per heavy atom. The Labute approximate surface area is 137 Å². The van der Waals surface area contributed by atoms with Crippen molar-refractivity contribution in [3.63, 3.8) is 0 Å². The summed E-state index contributed by atoms with van der Waals surface area (Å²) in [6.07, 6.45) is 0. The van der Waals surface area contributed by atoms with Crippen LogP contribution in [0.3, 0.4) is 0 Å². The predicted octanol–water partition coefficient (Wildman–Crippen LogP) is 3.31. The number of aromatic carboxylic acids is 1. The van der Waals surface area contributed by atoms with Crippen molar-refractivity contribution in [3.8, 4) is 11.5 Å². The molecule has 0 aromatic heterocycles. The average Bonchev–Trinajstić information content (AvgIpc) is 2.54. The highest BCUT2D eigenvalue weighted by Crippen LogP contribution is 2.28. The van der Waals surface area contributed by atoms with Gasteiger partial charge >= 0.3 is 5.97 Å². The van der Waals surface area contributed by atoms with Crippen LogP contribution in [0, 0.1) is 0 Å². The van der Waals surface area contributed by atoms with E-state index < -0.39 is 11.9 Å². The molecule has 0 aliphatic heterocycles. The third-order valence-corrected chi connectivity index (χ3v) is 3.40. The molecule has 6 nitrogen and oxygen atoms in total. The van der Waals surface area contributed by atoms with Gasteiger partial charge in [0.15, 0.2) is 0 Å². The Bertz CT molecular complexity index is 760. The van der Waals surface area contributed by atoms with Crippen molar-refractivity contribution in [3.05, 3.63) is 52.5 Å². The molecule has 2 aromatic carbocycles. The van der Waals surface area contributed by atoms with Gasteiger partial charge in [-0.25, -0.2) is 4.79 Å². The number of carboxylic acids is 1. The van der Waals surface area contributed by atoms with Crippen LogP contribution in [0.1, 0.15) is 20.7 Å². The molecule has 7 heteroatoms. The molecule has 0 unspecified atom stereocenters. The molecule has 0 heterocycles. The number of amides is 1. The van der Waals surface area contributed by atoms with Gasteiger partial charge in [-0.1, -0.05) is 11.6 Å². The van der Waals surface area contributed by atoms with Crippen LogP contribution in [0.4, 0.5) is 5.69 Å². The number of anilines is 1. The van der Waals surface area contributed by atoms with E-state index in [2.05, 4.69) is 5.32 Å². The summed E-state index contributed by atoms with van der Waals surface area (Å²) in [6.45, 7) is 0. The fourth-order valence-electron chi connectivity index (χ4n) is 1.94. The zero-order valence-electron chi connectivity index (χ0n) is 12.4. The number of rotatable bonds is 5. The summed E-state index contributed by atoms with van der Waals surface area (Å²) < 4.78 is 10.2. The average molecular weight is 336 g/mol. The first-order valence-electron chi connectivity index (χ1n) is 6.52. The number of carbonyl (C=O) groups excluding carboxylic acids is 1. The standard InChI is InChI=1S/C16H14ClNO5/c1-22-13-5-3-9(7-11(13)17)15(19)18-12-8-10(16(20)21)4-6-14(12)23-2/h3-8H,1-2H3,(H,18,19)(H,20,21). The number of nitrogens with one attached hydrogen (secondary N) is 1. The molecule has 0 atom stereocenters. The minimum atomic E-state index is -1.10. The van der Waals surface area contributed by atoms with Gasteiger partial charge in [0.05, 0.1) is 30.5 Å². The number of halogens is 1.